The third-order valence-corrected chi connectivity index (χ3v) is 2.64. The number of hydrogen-bond acceptors (Lipinski definition) is 4. The summed E-state index contributed by atoms with van der Waals surface area (Å²) in [4.78, 5) is 10.7. The topological polar surface area (TPSA) is 91.8 Å². The van der Waals surface area contributed by atoms with Crippen molar-refractivity contribution in [1.29, 1.82) is 5.26 Å². The number of carbonyl (C=O) groups is 1. The van der Waals surface area contributed by atoms with Gasteiger partial charge in [0.25, 0.3) is 0 Å². The van der Waals surface area contributed by atoms with Crippen molar-refractivity contribution in [2.45, 2.75) is 12.7 Å². The summed E-state index contributed by atoms with van der Waals surface area (Å²) in [5, 5.41) is 23.9. The van der Waals surface area contributed by atoms with Gasteiger partial charge in [0, 0.05) is 0 Å². The Morgan fingerprint density at radius 3 is 2.43 bits per heavy atom. The fraction of sp³-hybridized carbons (Fsp3) is 0.167. The van der Waals surface area contributed by atoms with E-state index in [2.05, 4.69) is 10.3 Å². The summed E-state index contributed by atoms with van der Waals surface area (Å²) in [5.74, 6) is -1.13. The highest BCUT2D eigenvalue weighted by atomic mass is 19.4. The number of nitriles is 1. The maximum absolute atomic E-state index is 12.9. The van der Waals surface area contributed by atoms with E-state index in [1.807, 2.05) is 0 Å². The third-order valence-electron chi connectivity index (χ3n) is 2.64. The summed E-state index contributed by atoms with van der Waals surface area (Å²) in [7, 11) is 0. The largest absolute Gasteiger partial charge is 0.478 e. The van der Waals surface area contributed by atoms with Crippen molar-refractivity contribution >= 4 is 5.97 Å². The number of carboxylic acids is 1. The van der Waals surface area contributed by atoms with Gasteiger partial charge in [-0.25, -0.2) is 9.48 Å². The quantitative estimate of drug-likeness (QED) is 0.934. The van der Waals surface area contributed by atoms with Gasteiger partial charge in [-0.3, -0.25) is 0 Å². The molecule has 1 N–H and O–H groups in total. The van der Waals surface area contributed by atoms with Crippen molar-refractivity contribution in [3.05, 3.63) is 46.8 Å². The molecule has 0 fully saturated rings. The Balaban J connectivity index is 2.34. The Labute approximate surface area is 116 Å². The van der Waals surface area contributed by atoms with Gasteiger partial charge in [0.05, 0.1) is 12.1 Å². The number of hydrogen-bond donors (Lipinski definition) is 1. The third kappa shape index (κ3) is 3.00. The van der Waals surface area contributed by atoms with E-state index < -0.39 is 23.5 Å². The Morgan fingerprint density at radius 2 is 1.95 bits per heavy atom. The predicted molar refractivity (Wildman–Crippen MR) is 62.2 cm³/mol. The van der Waals surface area contributed by atoms with Crippen molar-refractivity contribution in [3.8, 4) is 6.07 Å². The molecule has 0 atom stereocenters. The zero-order valence-electron chi connectivity index (χ0n) is 10.3. The zero-order valence-corrected chi connectivity index (χ0v) is 10.3. The van der Waals surface area contributed by atoms with Gasteiger partial charge in [0.1, 0.15) is 6.07 Å². The molecular weight excluding hydrogens is 289 g/mol. The number of carboxylic acid groups (broad SMARTS) is 1. The normalized spacial score (nSPS) is 11.1. The number of nitrogens with zero attached hydrogens (tertiary/aromatic N) is 4. The lowest BCUT2D eigenvalue weighted by Gasteiger charge is -2.09. The summed E-state index contributed by atoms with van der Waals surface area (Å²) >= 11 is 0. The highest BCUT2D eigenvalue weighted by Crippen LogP contribution is 2.31. The summed E-state index contributed by atoms with van der Waals surface area (Å²) in [5.41, 5.74) is -1.61. The first-order valence-electron chi connectivity index (χ1n) is 5.56. The maximum atomic E-state index is 12.9. The molecule has 21 heavy (non-hydrogen) atoms. The minimum Gasteiger partial charge on any atom is -0.478 e. The first-order valence-corrected chi connectivity index (χ1v) is 5.56. The van der Waals surface area contributed by atoms with Crippen LogP contribution in [0.4, 0.5) is 13.2 Å². The number of benzene rings is 1. The van der Waals surface area contributed by atoms with Gasteiger partial charge < -0.3 is 5.11 Å². The summed E-state index contributed by atoms with van der Waals surface area (Å²) in [6, 6.07) is 6.63. The molecule has 0 aliphatic heterocycles. The number of alkyl halides is 3. The van der Waals surface area contributed by atoms with E-state index in [0.29, 0.717) is 10.2 Å². The molecule has 2 rings (SSSR count). The molecule has 0 spiro atoms. The minimum atomic E-state index is -4.75. The fourth-order valence-corrected chi connectivity index (χ4v) is 1.71. The molecule has 1 heterocycles. The molecule has 0 radical (unpaired) electrons. The van der Waals surface area contributed by atoms with Gasteiger partial charge in [-0.1, -0.05) is 17.3 Å². The lowest BCUT2D eigenvalue weighted by molar-refractivity contribution is -0.144. The van der Waals surface area contributed by atoms with Crippen LogP contribution in [0.5, 0.6) is 0 Å². The number of aromatic nitrogens is 3. The van der Waals surface area contributed by atoms with Crippen LogP contribution in [-0.2, 0) is 12.7 Å². The SMILES string of the molecule is N#Cc1nnn(Cc2ccc(C(=O)O)cc2)c1C(F)(F)F. The molecule has 0 aliphatic carbocycles. The molecule has 6 nitrogen and oxygen atoms in total. The molecule has 9 heteroatoms. The van der Waals surface area contributed by atoms with E-state index in [-0.39, 0.29) is 12.1 Å². The van der Waals surface area contributed by atoms with E-state index in [4.69, 9.17) is 10.4 Å². The van der Waals surface area contributed by atoms with Gasteiger partial charge in [-0.15, -0.1) is 5.10 Å². The van der Waals surface area contributed by atoms with Crippen LogP contribution < -0.4 is 0 Å². The first-order chi connectivity index (χ1) is 9.82. The minimum absolute atomic E-state index is 0.0195. The standard InChI is InChI=1S/C12H7F3N4O2/c13-12(14,15)10-9(5-16)17-18-19(10)6-7-1-3-8(4-2-7)11(20)21/h1-4H,6H2,(H,20,21). The highest BCUT2D eigenvalue weighted by molar-refractivity contribution is 5.87. The van der Waals surface area contributed by atoms with Crippen LogP contribution >= 0.6 is 0 Å². The van der Waals surface area contributed by atoms with Gasteiger partial charge in [-0.05, 0) is 17.7 Å². The van der Waals surface area contributed by atoms with Crippen molar-refractivity contribution < 1.29 is 23.1 Å². The zero-order chi connectivity index (χ0) is 15.6. The molecule has 0 saturated heterocycles. The molecule has 0 amide bonds. The lowest BCUT2D eigenvalue weighted by atomic mass is 10.1. The van der Waals surface area contributed by atoms with Crippen molar-refractivity contribution in [1.82, 2.24) is 15.0 Å². The molecule has 1 aromatic carbocycles. The molecule has 1 aromatic heterocycles. The molecule has 2 aromatic rings. The van der Waals surface area contributed by atoms with Crippen LogP contribution in [0, 0.1) is 11.3 Å². The molecule has 108 valence electrons. The highest BCUT2D eigenvalue weighted by Gasteiger charge is 2.39. The second-order valence-corrected chi connectivity index (χ2v) is 4.06. The fourth-order valence-electron chi connectivity index (χ4n) is 1.71. The Morgan fingerprint density at radius 1 is 1.33 bits per heavy atom. The molecule has 0 aliphatic rings. The van der Waals surface area contributed by atoms with Crippen LogP contribution in [0.25, 0.3) is 0 Å². The van der Waals surface area contributed by atoms with E-state index in [1.165, 1.54) is 30.3 Å². The first kappa shape index (κ1) is 14.5. The smallest absolute Gasteiger partial charge is 0.436 e. The summed E-state index contributed by atoms with van der Waals surface area (Å²) < 4.78 is 39.2. The molecule has 0 unspecified atom stereocenters. The average molecular weight is 296 g/mol. The van der Waals surface area contributed by atoms with Crippen LogP contribution in [0.3, 0.4) is 0 Å². The van der Waals surface area contributed by atoms with Crippen LogP contribution in [0.1, 0.15) is 27.3 Å². The maximum Gasteiger partial charge on any atom is 0.436 e. The van der Waals surface area contributed by atoms with E-state index >= 15 is 0 Å². The Bertz CT molecular complexity index is 714. The van der Waals surface area contributed by atoms with E-state index in [1.54, 1.807) is 0 Å². The number of halogens is 3. The van der Waals surface area contributed by atoms with Crippen LogP contribution in [-0.4, -0.2) is 26.1 Å². The summed E-state index contributed by atoms with van der Waals surface area (Å²) in [6.07, 6.45) is -4.75. The van der Waals surface area contributed by atoms with Gasteiger partial charge >= 0.3 is 12.1 Å². The molecule has 0 bridgehead atoms. The second kappa shape index (κ2) is 5.24. The van der Waals surface area contributed by atoms with Crippen LogP contribution in [0.2, 0.25) is 0 Å². The second-order valence-electron chi connectivity index (χ2n) is 4.06. The predicted octanol–water partition coefficient (Wildman–Crippen LogP) is 1.92. The van der Waals surface area contributed by atoms with Crippen molar-refractivity contribution in [3.63, 3.8) is 0 Å². The van der Waals surface area contributed by atoms with Gasteiger partial charge in [-0.2, -0.15) is 18.4 Å². The van der Waals surface area contributed by atoms with E-state index in [0.717, 1.165) is 0 Å². The van der Waals surface area contributed by atoms with Crippen molar-refractivity contribution in [2.75, 3.05) is 0 Å². The van der Waals surface area contributed by atoms with Gasteiger partial charge in [0.15, 0.2) is 11.4 Å². The van der Waals surface area contributed by atoms with E-state index in [9.17, 15) is 18.0 Å². The monoisotopic (exact) mass is 296 g/mol. The Hall–Kier alpha value is -2.89. The Kier molecular flexibility index (Phi) is 3.62. The summed E-state index contributed by atoms with van der Waals surface area (Å²) in [6.45, 7) is -0.274. The number of aromatic carboxylic acids is 1. The van der Waals surface area contributed by atoms with Crippen LogP contribution in [0.15, 0.2) is 24.3 Å². The van der Waals surface area contributed by atoms with Crippen molar-refractivity contribution in [2.24, 2.45) is 0 Å². The molecule has 0 saturated carbocycles. The number of rotatable bonds is 3. The lowest BCUT2D eigenvalue weighted by Crippen LogP contribution is -2.16. The average Bonchev–Trinajstić information content (AvgIpc) is 2.82. The molecular formula is C12H7F3N4O2. The van der Waals surface area contributed by atoms with Gasteiger partial charge in [0.2, 0.25) is 0 Å².